The van der Waals surface area contributed by atoms with Gasteiger partial charge in [-0.3, -0.25) is 9.13 Å². The van der Waals surface area contributed by atoms with Gasteiger partial charge >= 0.3 is 0 Å². The molecule has 0 saturated heterocycles. The Kier molecular flexibility index (Phi) is 18.8. The van der Waals surface area contributed by atoms with Crippen LogP contribution in [0.5, 0.6) is 0 Å². The third-order valence-electron chi connectivity index (χ3n) is 26.2. The van der Waals surface area contributed by atoms with Crippen LogP contribution in [0.3, 0.4) is 0 Å². The van der Waals surface area contributed by atoms with Crippen molar-refractivity contribution in [3.05, 3.63) is 502 Å². The highest BCUT2D eigenvalue weighted by atomic mass is 31.2. The number of rotatable bonds is 10. The predicted octanol–water partition coefficient (Wildman–Crippen LogP) is 26.9. The average molecular weight is 1720 g/mol. The fourth-order valence-corrected chi connectivity index (χ4v) is 22.4. The molecule has 16 aromatic carbocycles. The van der Waals surface area contributed by atoms with E-state index in [1.165, 1.54) is 88.0 Å². The lowest BCUT2D eigenvalue weighted by molar-refractivity contribution is 0.592. The Balaban J connectivity index is 0.0000000970. The van der Waals surface area contributed by atoms with E-state index < -0.39 is 7.14 Å². The maximum atomic E-state index is 14.4. The summed E-state index contributed by atoms with van der Waals surface area (Å²) >= 11 is 0. The maximum absolute atomic E-state index is 14.4. The zero-order valence-corrected chi connectivity index (χ0v) is 72.7. The summed E-state index contributed by atoms with van der Waals surface area (Å²) in [5.74, 6) is 2.69. The molecule has 0 N–H and O–H groups in total. The monoisotopic (exact) mass is 1720 g/mol. The minimum absolute atomic E-state index is 0.324. The number of pyridine rings is 4. The summed E-state index contributed by atoms with van der Waals surface area (Å²) in [5.41, 5.74) is 29.2. The first kappa shape index (κ1) is 77.8. The van der Waals surface area contributed by atoms with E-state index in [1.54, 1.807) is 0 Å². The number of imidazole rings is 2. The molecular weight excluding hydrogens is 1640 g/mol. The number of fused-ring (bicyclic) bond motifs is 20. The van der Waals surface area contributed by atoms with Crippen LogP contribution in [-0.2, 0) is 9.98 Å². The number of para-hydroxylation sites is 5. The summed E-state index contributed by atoms with van der Waals surface area (Å²) in [6.45, 7) is 0. The van der Waals surface area contributed by atoms with Crippen LogP contribution in [0.4, 0.5) is 0 Å². The second-order valence-corrected chi connectivity index (χ2v) is 36.7. The quantitative estimate of drug-likeness (QED) is 0.125. The smallest absolute Gasteiger partial charge is 0.190 e. The molecule has 0 bridgehead atoms. The van der Waals surface area contributed by atoms with Gasteiger partial charge in [-0.15, -0.1) is 5.10 Å². The zero-order valence-electron chi connectivity index (χ0n) is 71.8. The van der Waals surface area contributed by atoms with Crippen LogP contribution in [0.25, 0.3) is 177 Å². The van der Waals surface area contributed by atoms with E-state index in [2.05, 4.69) is 355 Å². The molecule has 14 heteroatoms. The van der Waals surface area contributed by atoms with E-state index >= 15 is 0 Å². The Bertz CT molecular complexity index is 8750. The second-order valence-electron chi connectivity index (χ2n) is 34.0. The molecule has 10 aromatic heterocycles. The van der Waals surface area contributed by atoms with Gasteiger partial charge in [-0.25, -0.2) is 28.0 Å². The molecule has 10 heterocycles. The maximum Gasteiger partial charge on any atom is 0.190 e. The van der Waals surface area contributed by atoms with Gasteiger partial charge in [0.25, 0.3) is 0 Å². The minimum Gasteiger partial charge on any atom is -0.307 e. The molecule has 26 aromatic rings. The molecule has 2 aliphatic carbocycles. The van der Waals surface area contributed by atoms with Crippen molar-refractivity contribution in [2.24, 2.45) is 0 Å². The van der Waals surface area contributed by atoms with Crippen LogP contribution in [0.2, 0.25) is 0 Å². The molecular formula is C119H79N12OP. The van der Waals surface area contributed by atoms with Crippen molar-refractivity contribution in [2.75, 3.05) is 0 Å². The van der Waals surface area contributed by atoms with Crippen molar-refractivity contribution in [3.63, 3.8) is 0 Å². The van der Waals surface area contributed by atoms with Crippen LogP contribution < -0.4 is 16.0 Å². The number of hydrogen-bond acceptors (Lipinski definition) is 7. The zero-order chi connectivity index (χ0) is 88.1. The van der Waals surface area contributed by atoms with Crippen LogP contribution in [-0.4, -0.2) is 57.6 Å². The van der Waals surface area contributed by atoms with E-state index in [0.717, 1.165) is 122 Å². The summed E-state index contributed by atoms with van der Waals surface area (Å²) < 4.78 is 26.5. The Hall–Kier alpha value is -17.5. The molecule has 28 rings (SSSR count). The highest BCUT2D eigenvalue weighted by molar-refractivity contribution is 7.85. The Morgan fingerprint density at radius 1 is 0.233 bits per heavy atom. The molecule has 0 unspecified atom stereocenters. The summed E-state index contributed by atoms with van der Waals surface area (Å²) in [6.07, 6.45) is 8.27. The largest absolute Gasteiger partial charge is 0.307 e. The molecule has 2 aliphatic rings. The molecule has 0 aliphatic heterocycles. The van der Waals surface area contributed by atoms with E-state index in [-0.39, 0.29) is 5.41 Å². The minimum atomic E-state index is -3.05. The van der Waals surface area contributed by atoms with Crippen LogP contribution >= 0.6 is 7.14 Å². The molecule has 0 amide bonds. The fourth-order valence-electron chi connectivity index (χ4n) is 19.9. The van der Waals surface area contributed by atoms with Crippen molar-refractivity contribution in [2.45, 2.75) is 5.41 Å². The highest BCUT2D eigenvalue weighted by Crippen LogP contribution is 2.63. The molecule has 0 saturated carbocycles. The van der Waals surface area contributed by atoms with E-state index in [4.69, 9.17) is 30.4 Å². The molecule has 0 fully saturated rings. The molecule has 0 radical (unpaired) electrons. The number of hydrogen-bond donors (Lipinski definition) is 0. The molecule has 626 valence electrons. The second kappa shape index (κ2) is 32.1. The summed E-state index contributed by atoms with van der Waals surface area (Å²) in [5, 5.41) is 30.4. The number of nitrogens with zero attached hydrogens (tertiary/aromatic N) is 12. The van der Waals surface area contributed by atoms with Crippen LogP contribution in [0.15, 0.2) is 480 Å². The van der Waals surface area contributed by atoms with Gasteiger partial charge in [0.15, 0.2) is 13.0 Å². The molecule has 0 atom stereocenters. The van der Waals surface area contributed by atoms with Gasteiger partial charge in [0.05, 0.1) is 60.9 Å². The predicted molar refractivity (Wildman–Crippen MR) is 543 cm³/mol. The van der Waals surface area contributed by atoms with Crippen molar-refractivity contribution in [1.29, 1.82) is 0 Å². The van der Waals surface area contributed by atoms with Gasteiger partial charge in [-0.1, -0.05) is 364 Å². The molecule has 13 nitrogen and oxygen atoms in total. The normalized spacial score (nSPS) is 12.3. The van der Waals surface area contributed by atoms with Crippen molar-refractivity contribution >= 4 is 110 Å². The Morgan fingerprint density at radius 3 is 1.05 bits per heavy atom. The average Bonchev–Trinajstić information content (AvgIpc) is 1.51. The van der Waals surface area contributed by atoms with E-state index in [1.807, 2.05) is 152 Å². The highest BCUT2D eigenvalue weighted by Gasteiger charge is 2.51. The fraction of sp³-hybridized carbons (Fsp3) is 0.00840. The van der Waals surface area contributed by atoms with Crippen LogP contribution in [0.1, 0.15) is 22.3 Å². The van der Waals surface area contributed by atoms with Crippen molar-refractivity contribution in [1.82, 2.24) is 57.6 Å². The van der Waals surface area contributed by atoms with Crippen molar-refractivity contribution in [3.8, 4) is 90.2 Å². The third-order valence-corrected chi connectivity index (χ3v) is 29.1. The lowest BCUT2D eigenvalue weighted by Gasteiger charge is -2.30. The third kappa shape index (κ3) is 13.4. The van der Waals surface area contributed by atoms with E-state index in [0.29, 0.717) is 5.44 Å². The topological polar surface area (TPSA) is 122 Å². The molecule has 133 heavy (non-hydrogen) atoms. The van der Waals surface area contributed by atoms with Gasteiger partial charge < -0.3 is 4.57 Å². The van der Waals surface area contributed by atoms with Gasteiger partial charge in [-0.05, 0) is 162 Å². The first-order valence-electron chi connectivity index (χ1n) is 44.7. The van der Waals surface area contributed by atoms with Crippen LogP contribution in [0, 0.1) is 0 Å². The Morgan fingerprint density at radius 2 is 0.571 bits per heavy atom. The van der Waals surface area contributed by atoms with E-state index in [9.17, 15) is 4.57 Å². The molecule has 1 spiro atoms. The number of aromatic nitrogens is 12. The van der Waals surface area contributed by atoms with Gasteiger partial charge in [0.2, 0.25) is 0 Å². The lowest BCUT2D eigenvalue weighted by atomic mass is 9.70. The van der Waals surface area contributed by atoms with Gasteiger partial charge in [0.1, 0.15) is 17.1 Å². The lowest BCUT2D eigenvalue weighted by Crippen LogP contribution is -2.26. The van der Waals surface area contributed by atoms with Crippen molar-refractivity contribution < 1.29 is 4.57 Å². The standard InChI is InChI=1S/C42H26N2.C30H20N4.C24H16N4.C23H17N2OP/c1-2-10-31-26-44-32(23-29(31)9-1)25-41(43-44)28-19-17-27(18-20-28)30-21-22-36-35-13-5-8-16-39(35)42(40(36)24-30)37-14-6-3-11-33(37)34-12-4-7-15-38(34)42;1-2-10-25(11-3-1)34-29-13-7-6-12-27(29)31-30(34)22-16-14-21(15-17-22)28-19-26-18-23-8-4-5-9-24(23)20-33(26)32-28;1-2-8-17(9-3-1)24-25-21-12-6-7-13-22(21)28(24)23-15-20-14-18-10-4-5-11-19(18)16-27(20)26-23;26-27(21-11-3-1-4-12-21,22-13-5-2-6-14-22)23-16-20-15-18-9-7-8-10-19(18)17-25(20)24-23/h1-26H;1-20H;1-16H;1-17H. The summed E-state index contributed by atoms with van der Waals surface area (Å²) in [7, 11) is -3.05. The first-order valence-corrected chi connectivity index (χ1v) is 46.4. The number of benzene rings is 16. The Labute approximate surface area is 765 Å². The summed E-state index contributed by atoms with van der Waals surface area (Å²) in [6, 6.07) is 158. The summed E-state index contributed by atoms with van der Waals surface area (Å²) in [4.78, 5) is 9.87. The van der Waals surface area contributed by atoms with Gasteiger partial charge in [-0.2, -0.15) is 15.3 Å². The SMILES string of the molecule is O=P(c1ccccc1)(c1ccccc1)c1cc2cc3ccccc3cn2n1.c1ccc(-c2nc3ccccc3n2-c2cc3cc4ccccc4cn3n2)cc1.c1ccc(-n2c(-c3ccc(-c4cc5cc6ccccc6cn5n4)cc3)nc3ccccc32)cc1.c1ccc2c(c1)-c1ccccc1C21c2ccccc2-c2ccc(-c3ccc(-c4cc5cc6ccccc6cn5n4)cc3)cc21. The van der Waals surface area contributed by atoms with Gasteiger partial charge in [0, 0.05) is 90.9 Å². The first-order chi connectivity index (χ1) is 65.7.